The van der Waals surface area contributed by atoms with Crippen LogP contribution in [0.5, 0.6) is 0 Å². The molecule has 5 nitrogen and oxygen atoms in total. The highest BCUT2D eigenvalue weighted by molar-refractivity contribution is 6.04. The summed E-state index contributed by atoms with van der Waals surface area (Å²) in [4.78, 5) is 18.2. The first kappa shape index (κ1) is 19.2. The van der Waals surface area contributed by atoms with E-state index in [4.69, 9.17) is 0 Å². The van der Waals surface area contributed by atoms with Crippen molar-refractivity contribution in [3.05, 3.63) is 53.9 Å². The van der Waals surface area contributed by atoms with Gasteiger partial charge in [-0.3, -0.25) is 9.78 Å². The third kappa shape index (κ3) is 4.77. The van der Waals surface area contributed by atoms with Crippen molar-refractivity contribution >= 4 is 17.3 Å². The molecule has 2 heterocycles. The predicted molar refractivity (Wildman–Crippen MR) is 95.7 cm³/mol. The van der Waals surface area contributed by atoms with Gasteiger partial charge < -0.3 is 15.3 Å². The Hall–Kier alpha value is -2.61. The Kier molecular flexibility index (Phi) is 5.65. The summed E-state index contributed by atoms with van der Waals surface area (Å²) >= 11 is 0. The number of halogens is 3. The maximum Gasteiger partial charge on any atom is 0.416 e. The second-order valence-corrected chi connectivity index (χ2v) is 6.47. The molecular weight excluding hydrogens is 359 g/mol. The van der Waals surface area contributed by atoms with E-state index in [1.807, 2.05) is 4.90 Å². The SMILES string of the molecule is O=C(Nc1cc(C(F)(F)F)ccc1N1CCC[C@@H](O)CC1)c1ccccn1. The fourth-order valence-corrected chi connectivity index (χ4v) is 3.09. The molecule has 0 saturated carbocycles. The first-order chi connectivity index (χ1) is 12.8. The summed E-state index contributed by atoms with van der Waals surface area (Å²) in [5, 5.41) is 12.4. The van der Waals surface area contributed by atoms with E-state index < -0.39 is 23.8 Å². The molecule has 2 N–H and O–H groups in total. The van der Waals surface area contributed by atoms with Crippen LogP contribution in [0.15, 0.2) is 42.6 Å². The molecule has 1 aliphatic heterocycles. The minimum Gasteiger partial charge on any atom is -0.393 e. The van der Waals surface area contributed by atoms with Gasteiger partial charge in [0.05, 0.1) is 23.0 Å². The largest absolute Gasteiger partial charge is 0.416 e. The molecule has 1 aromatic carbocycles. The average Bonchev–Trinajstić information content (AvgIpc) is 2.86. The number of carbonyl (C=O) groups is 1. The number of nitrogens with one attached hydrogen (secondary N) is 1. The number of carbonyl (C=O) groups excluding carboxylic acids is 1. The third-order valence-corrected chi connectivity index (χ3v) is 4.51. The summed E-state index contributed by atoms with van der Waals surface area (Å²) in [6.07, 6.45) is -1.61. The van der Waals surface area contributed by atoms with Crippen LogP contribution in [0.25, 0.3) is 0 Å². The van der Waals surface area contributed by atoms with Crippen LogP contribution in [0, 0.1) is 0 Å². The molecular formula is C19H20F3N3O2. The van der Waals surface area contributed by atoms with Crippen LogP contribution in [0.1, 0.15) is 35.3 Å². The van der Waals surface area contributed by atoms with E-state index in [1.54, 1.807) is 12.1 Å². The predicted octanol–water partition coefficient (Wildman–Crippen LogP) is 3.70. The molecule has 8 heteroatoms. The van der Waals surface area contributed by atoms with E-state index in [0.29, 0.717) is 31.6 Å². The number of aliphatic hydroxyl groups is 1. The number of hydrogen-bond acceptors (Lipinski definition) is 4. The fraction of sp³-hybridized carbons (Fsp3) is 0.368. The molecule has 0 bridgehead atoms. The van der Waals surface area contributed by atoms with Gasteiger partial charge in [-0.15, -0.1) is 0 Å². The molecule has 27 heavy (non-hydrogen) atoms. The Morgan fingerprint density at radius 3 is 2.70 bits per heavy atom. The van der Waals surface area contributed by atoms with Gasteiger partial charge in [0.15, 0.2) is 0 Å². The summed E-state index contributed by atoms with van der Waals surface area (Å²) < 4.78 is 39.4. The van der Waals surface area contributed by atoms with Crippen molar-refractivity contribution in [2.45, 2.75) is 31.5 Å². The first-order valence-corrected chi connectivity index (χ1v) is 8.71. The van der Waals surface area contributed by atoms with E-state index in [0.717, 1.165) is 18.6 Å². The Labute approximate surface area is 154 Å². The highest BCUT2D eigenvalue weighted by Gasteiger charge is 2.32. The summed E-state index contributed by atoms with van der Waals surface area (Å²) in [6.45, 7) is 1.09. The number of hydrogen-bond donors (Lipinski definition) is 2. The van der Waals surface area contributed by atoms with Crippen LogP contribution < -0.4 is 10.2 Å². The van der Waals surface area contributed by atoms with Crippen molar-refractivity contribution in [3.63, 3.8) is 0 Å². The van der Waals surface area contributed by atoms with Crippen molar-refractivity contribution < 1.29 is 23.1 Å². The number of aliphatic hydroxyl groups excluding tert-OH is 1. The number of rotatable bonds is 3. The molecule has 1 atom stereocenters. The Bertz CT molecular complexity index is 797. The monoisotopic (exact) mass is 379 g/mol. The molecule has 1 fully saturated rings. The quantitative estimate of drug-likeness (QED) is 0.854. The van der Waals surface area contributed by atoms with Crippen LogP contribution in [0.2, 0.25) is 0 Å². The molecule has 144 valence electrons. The highest BCUT2D eigenvalue weighted by atomic mass is 19.4. The lowest BCUT2D eigenvalue weighted by Crippen LogP contribution is -2.27. The molecule has 1 aliphatic rings. The number of pyridine rings is 1. The maximum atomic E-state index is 13.1. The zero-order valence-corrected chi connectivity index (χ0v) is 14.5. The maximum absolute atomic E-state index is 13.1. The van der Waals surface area contributed by atoms with Crippen LogP contribution in [-0.4, -0.2) is 35.2 Å². The molecule has 0 spiro atoms. The van der Waals surface area contributed by atoms with E-state index in [-0.39, 0.29) is 11.4 Å². The van der Waals surface area contributed by atoms with E-state index in [1.165, 1.54) is 18.3 Å². The number of aromatic nitrogens is 1. The highest BCUT2D eigenvalue weighted by Crippen LogP contribution is 2.36. The van der Waals surface area contributed by atoms with Crippen molar-refractivity contribution in [1.82, 2.24) is 4.98 Å². The van der Waals surface area contributed by atoms with Gasteiger partial charge in [-0.2, -0.15) is 13.2 Å². The molecule has 0 radical (unpaired) electrons. The molecule has 0 unspecified atom stereocenters. The van der Waals surface area contributed by atoms with E-state index in [2.05, 4.69) is 10.3 Å². The van der Waals surface area contributed by atoms with E-state index in [9.17, 15) is 23.1 Å². The summed E-state index contributed by atoms with van der Waals surface area (Å²) in [5.74, 6) is -0.578. The second kappa shape index (κ2) is 7.96. The molecule has 1 aromatic heterocycles. The Balaban J connectivity index is 1.93. The van der Waals surface area contributed by atoms with Gasteiger partial charge in [0, 0.05) is 19.3 Å². The zero-order chi connectivity index (χ0) is 19.4. The van der Waals surface area contributed by atoms with Gasteiger partial charge in [-0.1, -0.05) is 6.07 Å². The van der Waals surface area contributed by atoms with Gasteiger partial charge in [-0.05, 0) is 49.6 Å². The molecule has 0 aliphatic carbocycles. The summed E-state index contributed by atoms with van der Waals surface area (Å²) in [7, 11) is 0. The first-order valence-electron chi connectivity index (χ1n) is 8.71. The average molecular weight is 379 g/mol. The molecule has 3 rings (SSSR count). The van der Waals surface area contributed by atoms with Crippen molar-refractivity contribution in [1.29, 1.82) is 0 Å². The smallest absolute Gasteiger partial charge is 0.393 e. The number of amides is 1. The number of alkyl halides is 3. The summed E-state index contributed by atoms with van der Waals surface area (Å²) in [6, 6.07) is 8.09. The molecule has 2 aromatic rings. The Morgan fingerprint density at radius 2 is 2.00 bits per heavy atom. The van der Waals surface area contributed by atoms with Crippen molar-refractivity contribution in [2.24, 2.45) is 0 Å². The molecule has 1 saturated heterocycles. The van der Waals surface area contributed by atoms with Gasteiger partial charge in [-0.25, -0.2) is 0 Å². The normalized spacial score (nSPS) is 18.1. The lowest BCUT2D eigenvalue weighted by atomic mass is 10.1. The van der Waals surface area contributed by atoms with Gasteiger partial charge >= 0.3 is 6.18 Å². The van der Waals surface area contributed by atoms with E-state index >= 15 is 0 Å². The fourth-order valence-electron chi connectivity index (χ4n) is 3.09. The topological polar surface area (TPSA) is 65.5 Å². The summed E-state index contributed by atoms with van der Waals surface area (Å²) in [5.41, 5.74) is -0.136. The van der Waals surface area contributed by atoms with Gasteiger partial charge in [0.2, 0.25) is 0 Å². The van der Waals surface area contributed by atoms with Crippen LogP contribution >= 0.6 is 0 Å². The molecule has 1 amide bonds. The lowest BCUT2D eigenvalue weighted by Gasteiger charge is -2.26. The number of anilines is 2. The van der Waals surface area contributed by atoms with Crippen molar-refractivity contribution in [3.8, 4) is 0 Å². The lowest BCUT2D eigenvalue weighted by molar-refractivity contribution is -0.137. The van der Waals surface area contributed by atoms with Crippen LogP contribution in [-0.2, 0) is 6.18 Å². The van der Waals surface area contributed by atoms with Crippen LogP contribution in [0.3, 0.4) is 0 Å². The number of nitrogens with zero attached hydrogens (tertiary/aromatic N) is 2. The van der Waals surface area contributed by atoms with Gasteiger partial charge in [0.25, 0.3) is 5.91 Å². The number of benzene rings is 1. The minimum absolute atomic E-state index is 0.0804. The van der Waals surface area contributed by atoms with Crippen LogP contribution in [0.4, 0.5) is 24.5 Å². The standard InChI is InChI=1S/C19H20F3N3O2/c20-19(21,22)13-6-7-17(25-10-3-4-14(26)8-11-25)16(12-13)24-18(27)15-5-1-2-9-23-15/h1-2,5-7,9,12,14,26H,3-4,8,10-11H2,(H,24,27)/t14-/m1/s1. The minimum atomic E-state index is -4.52. The van der Waals surface area contributed by atoms with Crippen molar-refractivity contribution in [2.75, 3.05) is 23.3 Å². The Morgan fingerprint density at radius 1 is 1.19 bits per heavy atom. The third-order valence-electron chi connectivity index (χ3n) is 4.51. The zero-order valence-electron chi connectivity index (χ0n) is 14.5. The van der Waals surface area contributed by atoms with Gasteiger partial charge in [0.1, 0.15) is 5.69 Å². The second-order valence-electron chi connectivity index (χ2n) is 6.47.